The van der Waals surface area contributed by atoms with Gasteiger partial charge in [-0.1, -0.05) is 18.2 Å². The number of benzene rings is 1. The fourth-order valence-electron chi connectivity index (χ4n) is 4.55. The number of nitrogens with zero attached hydrogens (tertiary/aromatic N) is 3. The first-order chi connectivity index (χ1) is 13.1. The quantitative estimate of drug-likeness (QED) is 0.832. The van der Waals surface area contributed by atoms with Gasteiger partial charge >= 0.3 is 0 Å². The average molecular weight is 367 g/mol. The Bertz CT molecular complexity index is 780. The van der Waals surface area contributed by atoms with Crippen LogP contribution in [0.3, 0.4) is 0 Å². The lowest BCUT2D eigenvalue weighted by molar-refractivity contribution is -0.133. The Labute approximate surface area is 160 Å². The molecule has 27 heavy (non-hydrogen) atoms. The molecule has 0 N–H and O–H groups in total. The van der Waals surface area contributed by atoms with Crippen molar-refractivity contribution in [1.29, 1.82) is 0 Å². The minimum Gasteiger partial charge on any atom is -0.342 e. The van der Waals surface area contributed by atoms with Gasteiger partial charge in [0.15, 0.2) is 0 Å². The number of carbonyl (C=O) groups is 1. The van der Waals surface area contributed by atoms with Crippen LogP contribution < -0.4 is 0 Å². The van der Waals surface area contributed by atoms with Crippen LogP contribution >= 0.6 is 0 Å². The van der Waals surface area contributed by atoms with E-state index in [2.05, 4.69) is 14.8 Å². The molecule has 1 amide bonds. The van der Waals surface area contributed by atoms with Crippen molar-refractivity contribution in [3.63, 3.8) is 0 Å². The zero-order valence-corrected chi connectivity index (χ0v) is 15.6. The van der Waals surface area contributed by atoms with Gasteiger partial charge in [-0.05, 0) is 55.1 Å². The molecule has 2 aliphatic heterocycles. The maximum absolute atomic E-state index is 13.1. The van der Waals surface area contributed by atoms with Crippen molar-refractivity contribution in [3.8, 4) is 0 Å². The molecule has 5 heteroatoms. The van der Waals surface area contributed by atoms with Crippen molar-refractivity contribution in [2.45, 2.75) is 32.2 Å². The van der Waals surface area contributed by atoms with E-state index in [4.69, 9.17) is 0 Å². The van der Waals surface area contributed by atoms with Crippen molar-refractivity contribution in [1.82, 2.24) is 14.8 Å². The molecule has 3 heterocycles. The van der Waals surface area contributed by atoms with Crippen molar-refractivity contribution in [3.05, 3.63) is 65.7 Å². The van der Waals surface area contributed by atoms with E-state index in [1.54, 1.807) is 12.4 Å². The minimum atomic E-state index is -0.188. The Kier molecular flexibility index (Phi) is 5.21. The summed E-state index contributed by atoms with van der Waals surface area (Å²) in [4.78, 5) is 21.4. The van der Waals surface area contributed by atoms with Crippen molar-refractivity contribution in [2.24, 2.45) is 5.41 Å². The number of carbonyl (C=O) groups excluding carboxylic acids is 1. The second-order valence-electron chi connectivity index (χ2n) is 8.04. The molecule has 2 saturated heterocycles. The highest BCUT2D eigenvalue weighted by Crippen LogP contribution is 2.39. The molecule has 2 aromatic rings. The van der Waals surface area contributed by atoms with Crippen LogP contribution in [0.5, 0.6) is 0 Å². The molecule has 2 aliphatic rings. The van der Waals surface area contributed by atoms with Crippen LogP contribution in [0.1, 0.15) is 30.4 Å². The molecule has 1 spiro atoms. The van der Waals surface area contributed by atoms with Gasteiger partial charge < -0.3 is 4.90 Å². The van der Waals surface area contributed by atoms with Crippen LogP contribution in [0, 0.1) is 11.2 Å². The normalized spacial score (nSPS) is 23.1. The fourth-order valence-corrected chi connectivity index (χ4v) is 4.55. The summed E-state index contributed by atoms with van der Waals surface area (Å²) < 4.78 is 13.1. The molecule has 4 nitrogen and oxygen atoms in total. The van der Waals surface area contributed by atoms with Crippen molar-refractivity contribution in [2.75, 3.05) is 26.2 Å². The molecule has 1 aromatic carbocycles. The van der Waals surface area contributed by atoms with Gasteiger partial charge in [0, 0.05) is 44.0 Å². The number of likely N-dealkylation sites (tertiary alicyclic amines) is 2. The lowest BCUT2D eigenvalue weighted by Gasteiger charge is -2.40. The topological polar surface area (TPSA) is 36.4 Å². The number of rotatable bonds is 4. The predicted molar refractivity (Wildman–Crippen MR) is 102 cm³/mol. The van der Waals surface area contributed by atoms with Crippen LogP contribution in [0.2, 0.25) is 0 Å². The number of hydrogen-bond acceptors (Lipinski definition) is 3. The summed E-state index contributed by atoms with van der Waals surface area (Å²) >= 11 is 0. The molecule has 2 fully saturated rings. The van der Waals surface area contributed by atoms with Gasteiger partial charge in [-0.3, -0.25) is 14.7 Å². The zero-order valence-electron chi connectivity index (χ0n) is 15.6. The second kappa shape index (κ2) is 7.77. The van der Waals surface area contributed by atoms with E-state index in [9.17, 15) is 9.18 Å². The third kappa shape index (κ3) is 4.35. The number of aromatic nitrogens is 1. The molecule has 0 aliphatic carbocycles. The molecule has 0 unspecified atom stereocenters. The molecule has 0 saturated carbocycles. The summed E-state index contributed by atoms with van der Waals surface area (Å²) in [6.07, 6.45) is 7.33. The smallest absolute Gasteiger partial charge is 0.227 e. The molecular weight excluding hydrogens is 341 g/mol. The summed E-state index contributed by atoms with van der Waals surface area (Å²) in [5, 5.41) is 0. The Hall–Kier alpha value is -2.27. The summed E-state index contributed by atoms with van der Waals surface area (Å²) in [6.45, 7) is 4.62. The van der Waals surface area contributed by atoms with E-state index in [-0.39, 0.29) is 17.1 Å². The van der Waals surface area contributed by atoms with Crippen LogP contribution in [-0.4, -0.2) is 46.9 Å². The second-order valence-corrected chi connectivity index (χ2v) is 8.04. The highest BCUT2D eigenvalue weighted by molar-refractivity contribution is 5.78. The van der Waals surface area contributed by atoms with E-state index in [1.807, 2.05) is 24.3 Å². The lowest BCUT2D eigenvalue weighted by atomic mass is 9.79. The van der Waals surface area contributed by atoms with Gasteiger partial charge in [0.05, 0.1) is 6.42 Å². The largest absolute Gasteiger partial charge is 0.342 e. The summed E-state index contributed by atoms with van der Waals surface area (Å²) in [7, 11) is 0. The first-order valence-electron chi connectivity index (χ1n) is 9.75. The van der Waals surface area contributed by atoms with Gasteiger partial charge in [0.25, 0.3) is 0 Å². The maximum Gasteiger partial charge on any atom is 0.227 e. The van der Waals surface area contributed by atoms with Gasteiger partial charge in [-0.25, -0.2) is 4.39 Å². The van der Waals surface area contributed by atoms with Gasteiger partial charge in [-0.2, -0.15) is 0 Å². The fraction of sp³-hybridized carbons (Fsp3) is 0.455. The van der Waals surface area contributed by atoms with Gasteiger partial charge in [0.1, 0.15) is 5.82 Å². The number of pyridine rings is 1. The van der Waals surface area contributed by atoms with Gasteiger partial charge in [-0.15, -0.1) is 0 Å². The van der Waals surface area contributed by atoms with E-state index in [1.165, 1.54) is 18.6 Å². The molecule has 142 valence electrons. The Balaban J connectivity index is 1.36. The lowest BCUT2D eigenvalue weighted by Crippen LogP contribution is -2.47. The predicted octanol–water partition coefficient (Wildman–Crippen LogP) is 3.28. The zero-order chi connectivity index (χ0) is 18.7. The van der Waals surface area contributed by atoms with Gasteiger partial charge in [0.2, 0.25) is 5.91 Å². The standard InChI is InChI=1S/C22H26FN3O/c23-20-6-4-18(5-7-20)15-25-12-9-22(16-25)8-2-11-26(17-22)21(27)13-19-3-1-10-24-14-19/h1,3-7,10,14H,2,8-9,11-13,15-17H2/t22-/m0/s1. The Morgan fingerprint density at radius 2 is 1.93 bits per heavy atom. The molecule has 0 bridgehead atoms. The molecule has 4 rings (SSSR count). The van der Waals surface area contributed by atoms with E-state index >= 15 is 0 Å². The molecule has 0 radical (unpaired) electrons. The third-order valence-corrected chi connectivity index (χ3v) is 5.93. The van der Waals surface area contributed by atoms with Crippen LogP contribution in [0.25, 0.3) is 0 Å². The van der Waals surface area contributed by atoms with Crippen LogP contribution in [-0.2, 0) is 17.8 Å². The SMILES string of the molecule is O=C(Cc1cccnc1)N1CCC[C@@]2(CCN(Cc3ccc(F)cc3)C2)C1. The van der Waals surface area contributed by atoms with Crippen LogP contribution in [0.15, 0.2) is 48.8 Å². The monoisotopic (exact) mass is 367 g/mol. The Morgan fingerprint density at radius 1 is 1.07 bits per heavy atom. The number of hydrogen-bond donors (Lipinski definition) is 0. The van der Waals surface area contributed by atoms with Crippen molar-refractivity contribution >= 4 is 5.91 Å². The molecular formula is C22H26FN3O. The number of halogens is 1. The van der Waals surface area contributed by atoms with Crippen LogP contribution in [0.4, 0.5) is 4.39 Å². The summed E-state index contributed by atoms with van der Waals surface area (Å²) in [6, 6.07) is 10.6. The van der Waals surface area contributed by atoms with Crippen molar-refractivity contribution < 1.29 is 9.18 Å². The third-order valence-electron chi connectivity index (χ3n) is 5.93. The molecule has 1 aromatic heterocycles. The summed E-state index contributed by atoms with van der Waals surface area (Å²) in [5.41, 5.74) is 2.34. The van der Waals surface area contributed by atoms with E-state index in [0.29, 0.717) is 6.42 Å². The highest BCUT2D eigenvalue weighted by Gasteiger charge is 2.42. The maximum atomic E-state index is 13.1. The first kappa shape index (κ1) is 18.1. The van der Waals surface area contributed by atoms with E-state index < -0.39 is 0 Å². The minimum absolute atomic E-state index is 0.188. The summed E-state index contributed by atoms with van der Waals surface area (Å²) in [5.74, 6) is 0.0192. The number of amides is 1. The highest BCUT2D eigenvalue weighted by atomic mass is 19.1. The van der Waals surface area contributed by atoms with E-state index in [0.717, 1.165) is 56.7 Å². The molecule has 1 atom stereocenters. The first-order valence-corrected chi connectivity index (χ1v) is 9.75. The Morgan fingerprint density at radius 3 is 2.70 bits per heavy atom. The number of piperidine rings is 1. The average Bonchev–Trinajstić information content (AvgIpc) is 3.06.